The number of nitriles is 1. The number of benzene rings is 1. The Morgan fingerprint density at radius 3 is 2.31 bits per heavy atom. The van der Waals surface area contributed by atoms with Crippen LogP contribution in [0, 0.1) is 28.1 Å². The molecule has 0 heterocycles. The quantitative estimate of drug-likeness (QED) is 0.418. The van der Waals surface area contributed by atoms with E-state index in [0.29, 0.717) is 38.6 Å². The molecule has 4 rings (SSSR count). The van der Waals surface area contributed by atoms with Gasteiger partial charge in [0.25, 0.3) is 5.91 Å². The molecular formula is C30H41N3O6. The van der Waals surface area contributed by atoms with Crippen molar-refractivity contribution in [1.29, 1.82) is 5.26 Å². The minimum absolute atomic E-state index is 0.00500. The first-order valence-corrected chi connectivity index (χ1v) is 14.2. The van der Waals surface area contributed by atoms with Crippen LogP contribution in [0.25, 0.3) is 0 Å². The number of amides is 2. The molecule has 212 valence electrons. The summed E-state index contributed by atoms with van der Waals surface area (Å²) < 4.78 is 11.6. The predicted molar refractivity (Wildman–Crippen MR) is 145 cm³/mol. The third kappa shape index (κ3) is 6.48. The van der Waals surface area contributed by atoms with Crippen molar-refractivity contribution in [3.8, 4) is 17.6 Å². The van der Waals surface area contributed by atoms with Crippen LogP contribution in [0.4, 0.5) is 0 Å². The molecule has 0 saturated heterocycles. The van der Waals surface area contributed by atoms with Crippen LogP contribution in [-0.4, -0.2) is 48.7 Å². The number of carboxylic acids is 1. The summed E-state index contributed by atoms with van der Waals surface area (Å²) >= 11 is 0. The van der Waals surface area contributed by atoms with Gasteiger partial charge in [-0.2, -0.15) is 5.26 Å². The molecule has 1 aromatic rings. The van der Waals surface area contributed by atoms with Gasteiger partial charge in [0.2, 0.25) is 5.91 Å². The molecule has 0 bridgehead atoms. The van der Waals surface area contributed by atoms with E-state index in [1.54, 1.807) is 6.92 Å². The molecule has 3 N–H and O–H groups in total. The fourth-order valence-corrected chi connectivity index (χ4v) is 6.08. The summed E-state index contributed by atoms with van der Waals surface area (Å²) in [6.45, 7) is 4.61. The van der Waals surface area contributed by atoms with Crippen LogP contribution < -0.4 is 20.1 Å². The highest BCUT2D eigenvalue weighted by Gasteiger charge is 2.39. The SMILES string of the molecule is COc1cc(C#N)c(OC2CCC(C)(C(=O)O)CC2)cc1C(=O)N[C@@H]1CCCC[C@@H]1C(=O)NCC1(C)CCC1. The van der Waals surface area contributed by atoms with Crippen molar-refractivity contribution in [1.82, 2.24) is 10.6 Å². The molecular weight excluding hydrogens is 498 g/mol. The maximum Gasteiger partial charge on any atom is 0.309 e. The number of ether oxygens (including phenoxy) is 2. The number of methoxy groups -OCH3 is 1. The lowest BCUT2D eigenvalue weighted by molar-refractivity contribution is -0.150. The molecule has 0 radical (unpaired) electrons. The Kier molecular flexibility index (Phi) is 8.73. The molecule has 3 aliphatic rings. The van der Waals surface area contributed by atoms with Gasteiger partial charge in [0.1, 0.15) is 17.6 Å². The first-order chi connectivity index (χ1) is 18.6. The van der Waals surface area contributed by atoms with E-state index >= 15 is 0 Å². The molecule has 9 heteroatoms. The van der Waals surface area contributed by atoms with Crippen molar-refractivity contribution in [2.24, 2.45) is 16.7 Å². The Morgan fingerprint density at radius 1 is 1.03 bits per heavy atom. The largest absolute Gasteiger partial charge is 0.496 e. The normalized spacial score (nSPS) is 27.8. The van der Waals surface area contributed by atoms with Crippen LogP contribution in [0.2, 0.25) is 0 Å². The lowest BCUT2D eigenvalue weighted by atomic mass is 9.70. The van der Waals surface area contributed by atoms with Gasteiger partial charge in [0.15, 0.2) is 0 Å². The number of rotatable bonds is 9. The van der Waals surface area contributed by atoms with Crippen LogP contribution in [0.3, 0.4) is 0 Å². The number of nitrogens with one attached hydrogen (secondary N) is 2. The molecule has 1 aromatic carbocycles. The lowest BCUT2D eigenvalue weighted by Gasteiger charge is -2.39. The van der Waals surface area contributed by atoms with Crippen LogP contribution in [0.15, 0.2) is 12.1 Å². The Hall–Kier alpha value is -3.28. The Morgan fingerprint density at radius 2 is 1.72 bits per heavy atom. The number of aliphatic carboxylic acids is 1. The fourth-order valence-electron chi connectivity index (χ4n) is 6.08. The van der Waals surface area contributed by atoms with Crippen molar-refractivity contribution >= 4 is 17.8 Å². The summed E-state index contributed by atoms with van der Waals surface area (Å²) in [5, 5.41) is 25.5. The molecule has 9 nitrogen and oxygen atoms in total. The fraction of sp³-hybridized carbons (Fsp3) is 0.667. The van der Waals surface area contributed by atoms with Crippen LogP contribution in [0.1, 0.15) is 100 Å². The van der Waals surface area contributed by atoms with Gasteiger partial charge >= 0.3 is 5.97 Å². The zero-order chi connectivity index (χ0) is 28.2. The number of hydrogen-bond donors (Lipinski definition) is 3. The maximum absolute atomic E-state index is 13.5. The average Bonchev–Trinajstić information content (AvgIpc) is 2.91. The summed E-state index contributed by atoms with van der Waals surface area (Å²) in [6.07, 6.45) is 8.55. The van der Waals surface area contributed by atoms with Crippen molar-refractivity contribution in [2.75, 3.05) is 13.7 Å². The van der Waals surface area contributed by atoms with E-state index in [4.69, 9.17) is 9.47 Å². The summed E-state index contributed by atoms with van der Waals surface area (Å²) in [4.78, 5) is 38.2. The summed E-state index contributed by atoms with van der Waals surface area (Å²) in [5.41, 5.74) is -0.111. The van der Waals surface area contributed by atoms with E-state index in [9.17, 15) is 24.8 Å². The van der Waals surface area contributed by atoms with Gasteiger partial charge in [-0.1, -0.05) is 26.2 Å². The molecule has 2 amide bonds. The van der Waals surface area contributed by atoms with Crippen LogP contribution in [-0.2, 0) is 9.59 Å². The van der Waals surface area contributed by atoms with Gasteiger partial charge in [0.05, 0.1) is 35.7 Å². The zero-order valence-electron chi connectivity index (χ0n) is 23.3. The standard InChI is InChI=1S/C30H41N3O6/c1-29(11-6-12-29)18-32-26(34)21-7-4-5-8-23(21)33-27(35)22-16-24(19(17-31)15-25(22)38-3)39-20-9-13-30(2,14-10-20)28(36)37/h15-16,20-21,23H,4-14,18H2,1-3H3,(H,32,34)(H,33,35)(H,36,37)/t20?,21-,23+,30?/m0/s1. The molecule has 39 heavy (non-hydrogen) atoms. The summed E-state index contributed by atoms with van der Waals surface area (Å²) in [7, 11) is 1.44. The first-order valence-electron chi connectivity index (χ1n) is 14.2. The van der Waals surface area contributed by atoms with Crippen molar-refractivity contribution in [2.45, 2.75) is 96.6 Å². The average molecular weight is 540 g/mol. The van der Waals surface area contributed by atoms with Gasteiger partial charge in [0, 0.05) is 18.7 Å². The molecule has 3 saturated carbocycles. The van der Waals surface area contributed by atoms with E-state index in [0.717, 1.165) is 32.1 Å². The lowest BCUT2D eigenvalue weighted by Crippen LogP contribution is -2.50. The van der Waals surface area contributed by atoms with Gasteiger partial charge in [-0.25, -0.2) is 0 Å². The molecule has 0 spiro atoms. The summed E-state index contributed by atoms with van der Waals surface area (Å²) in [5.74, 6) is -0.952. The third-order valence-electron chi connectivity index (χ3n) is 9.18. The first kappa shape index (κ1) is 28.7. The summed E-state index contributed by atoms with van der Waals surface area (Å²) in [6, 6.07) is 4.86. The number of carboxylic acid groups (broad SMARTS) is 1. The van der Waals surface area contributed by atoms with Crippen LogP contribution in [0.5, 0.6) is 11.5 Å². The number of carbonyl (C=O) groups is 3. The van der Waals surface area contributed by atoms with E-state index in [1.165, 1.54) is 25.7 Å². The second kappa shape index (κ2) is 11.8. The van der Waals surface area contributed by atoms with Gasteiger partial charge < -0.3 is 25.2 Å². The van der Waals surface area contributed by atoms with E-state index < -0.39 is 11.4 Å². The minimum Gasteiger partial charge on any atom is -0.496 e. The minimum atomic E-state index is -0.811. The third-order valence-corrected chi connectivity index (χ3v) is 9.18. The van der Waals surface area contributed by atoms with Crippen molar-refractivity contribution in [3.05, 3.63) is 23.3 Å². The molecule has 3 aliphatic carbocycles. The monoisotopic (exact) mass is 539 g/mol. The smallest absolute Gasteiger partial charge is 0.309 e. The highest BCUT2D eigenvalue weighted by molar-refractivity contribution is 5.98. The highest BCUT2D eigenvalue weighted by Crippen LogP contribution is 2.40. The van der Waals surface area contributed by atoms with Crippen molar-refractivity contribution in [3.63, 3.8) is 0 Å². The molecule has 0 aromatic heterocycles. The molecule has 0 aliphatic heterocycles. The van der Waals surface area contributed by atoms with E-state index in [1.807, 2.05) is 0 Å². The van der Waals surface area contributed by atoms with Crippen molar-refractivity contribution < 1.29 is 29.0 Å². The topological polar surface area (TPSA) is 138 Å². The highest BCUT2D eigenvalue weighted by atomic mass is 16.5. The number of carbonyl (C=O) groups excluding carboxylic acids is 2. The maximum atomic E-state index is 13.5. The molecule has 3 fully saturated rings. The van der Waals surface area contributed by atoms with Gasteiger partial charge in [-0.3, -0.25) is 14.4 Å². The van der Waals surface area contributed by atoms with Gasteiger partial charge in [-0.15, -0.1) is 0 Å². The Bertz CT molecular complexity index is 1130. The number of hydrogen-bond acceptors (Lipinski definition) is 6. The zero-order valence-corrected chi connectivity index (χ0v) is 23.3. The Balaban J connectivity index is 1.47. The van der Waals surface area contributed by atoms with Crippen LogP contribution >= 0.6 is 0 Å². The molecule has 0 unspecified atom stereocenters. The van der Waals surface area contributed by atoms with Gasteiger partial charge in [-0.05, 0) is 69.8 Å². The van der Waals surface area contributed by atoms with E-state index in [-0.39, 0.29) is 57.9 Å². The molecule has 2 atom stereocenters. The number of nitrogens with zero attached hydrogens (tertiary/aromatic N) is 1. The second-order valence-corrected chi connectivity index (χ2v) is 12.2. The second-order valence-electron chi connectivity index (χ2n) is 12.2. The van der Waals surface area contributed by atoms with E-state index in [2.05, 4.69) is 23.6 Å². The Labute approximate surface area is 230 Å². The predicted octanol–water partition coefficient (Wildman–Crippen LogP) is 4.57.